The van der Waals surface area contributed by atoms with Crippen molar-refractivity contribution in [2.24, 2.45) is 0 Å². The molecule has 1 unspecified atom stereocenters. The highest BCUT2D eigenvalue weighted by Gasteiger charge is 2.43. The van der Waals surface area contributed by atoms with E-state index in [1.165, 1.54) is 4.90 Å². The van der Waals surface area contributed by atoms with Crippen LogP contribution in [0.1, 0.15) is 17.7 Å². The summed E-state index contributed by atoms with van der Waals surface area (Å²) in [4.78, 5) is 15.9. The molecule has 1 aromatic heterocycles. The summed E-state index contributed by atoms with van der Waals surface area (Å²) in [7, 11) is -4.33. The first-order chi connectivity index (χ1) is 14.1. The smallest absolute Gasteiger partial charge is 0.434 e. The number of aromatic nitrogens is 1. The van der Waals surface area contributed by atoms with E-state index < -0.39 is 37.8 Å². The summed E-state index contributed by atoms with van der Waals surface area (Å²) >= 11 is 0. The van der Waals surface area contributed by atoms with Crippen LogP contribution in [0.3, 0.4) is 0 Å². The minimum atomic E-state index is -4.91. The average molecular weight is 444 g/mol. The normalized spacial score (nSPS) is 17.2. The van der Waals surface area contributed by atoms with E-state index in [-0.39, 0.29) is 32.7 Å². The van der Waals surface area contributed by atoms with Gasteiger partial charge in [-0.15, -0.1) is 0 Å². The Labute approximate surface area is 171 Å². The van der Waals surface area contributed by atoms with Gasteiger partial charge in [0.2, 0.25) is 0 Å². The van der Waals surface area contributed by atoms with Gasteiger partial charge in [-0.2, -0.15) is 13.2 Å². The largest absolute Gasteiger partial charge is 0.484 e. The third-order valence-electron chi connectivity index (χ3n) is 4.75. The van der Waals surface area contributed by atoms with Crippen LogP contribution in [0.15, 0.2) is 47.5 Å². The number of hydrogen-bond donors (Lipinski definition) is 1. The molecule has 2 aromatic rings. The van der Waals surface area contributed by atoms with Crippen LogP contribution in [0.25, 0.3) is 0 Å². The van der Waals surface area contributed by atoms with Crippen molar-refractivity contribution in [3.05, 3.63) is 53.9 Å². The third kappa shape index (κ3) is 4.73. The number of carbonyl (C=O) groups is 1. The SMILES string of the molecule is O=C(COc1ccc(CO)cc1)N1CCC(S(=O)(=O)c2cccnc2C(F)(F)F)C1. The molecule has 1 atom stereocenters. The fourth-order valence-electron chi connectivity index (χ4n) is 3.15. The van der Waals surface area contributed by atoms with Crippen molar-refractivity contribution in [1.82, 2.24) is 9.88 Å². The van der Waals surface area contributed by atoms with Gasteiger partial charge in [0, 0.05) is 19.3 Å². The summed E-state index contributed by atoms with van der Waals surface area (Å²) in [6.45, 7) is -0.598. The Hall–Kier alpha value is -2.66. The zero-order valence-electron chi connectivity index (χ0n) is 15.7. The van der Waals surface area contributed by atoms with Gasteiger partial charge >= 0.3 is 6.18 Å². The first-order valence-electron chi connectivity index (χ1n) is 8.99. The van der Waals surface area contributed by atoms with Crippen LogP contribution >= 0.6 is 0 Å². The second kappa shape index (κ2) is 8.60. The van der Waals surface area contributed by atoms with Crippen molar-refractivity contribution in [1.29, 1.82) is 0 Å². The van der Waals surface area contributed by atoms with Crippen LogP contribution in [0.4, 0.5) is 13.2 Å². The predicted molar refractivity (Wildman–Crippen MR) is 99.3 cm³/mol. The van der Waals surface area contributed by atoms with E-state index in [1.807, 2.05) is 0 Å². The molecule has 1 aromatic carbocycles. The fraction of sp³-hybridized carbons (Fsp3) is 0.368. The van der Waals surface area contributed by atoms with E-state index in [4.69, 9.17) is 9.84 Å². The maximum absolute atomic E-state index is 13.2. The molecule has 1 N–H and O–H groups in total. The van der Waals surface area contributed by atoms with Gasteiger partial charge in [-0.3, -0.25) is 9.78 Å². The number of alkyl halides is 3. The molecular weight excluding hydrogens is 425 g/mol. The molecule has 0 aliphatic carbocycles. The van der Waals surface area contributed by atoms with Crippen molar-refractivity contribution in [2.45, 2.75) is 29.3 Å². The van der Waals surface area contributed by atoms with Crippen LogP contribution in [-0.2, 0) is 27.4 Å². The molecule has 162 valence electrons. The number of hydrogen-bond acceptors (Lipinski definition) is 6. The van der Waals surface area contributed by atoms with E-state index in [0.717, 1.165) is 18.3 Å². The molecule has 1 aliphatic heterocycles. The number of likely N-dealkylation sites (tertiary alicyclic amines) is 1. The highest BCUT2D eigenvalue weighted by molar-refractivity contribution is 7.92. The molecule has 0 radical (unpaired) electrons. The maximum atomic E-state index is 13.2. The average Bonchev–Trinajstić information content (AvgIpc) is 3.23. The summed E-state index contributed by atoms with van der Waals surface area (Å²) in [6.07, 6.45) is -4.00. The molecule has 0 spiro atoms. The zero-order chi connectivity index (χ0) is 21.9. The lowest BCUT2D eigenvalue weighted by molar-refractivity contribution is -0.143. The molecule has 1 amide bonds. The first-order valence-corrected chi connectivity index (χ1v) is 10.5. The van der Waals surface area contributed by atoms with Gasteiger partial charge in [0.25, 0.3) is 5.91 Å². The quantitative estimate of drug-likeness (QED) is 0.733. The Bertz CT molecular complexity index is 1010. The standard InChI is InChI=1S/C19H19F3N2O5S/c20-19(21,22)18-16(2-1-8-23-18)30(27,28)15-7-9-24(10-15)17(26)12-29-14-5-3-13(11-25)4-6-14/h1-6,8,15,25H,7,9-12H2. The van der Waals surface area contributed by atoms with Gasteiger partial charge in [0.15, 0.2) is 22.1 Å². The van der Waals surface area contributed by atoms with Crippen molar-refractivity contribution < 1.29 is 36.2 Å². The minimum Gasteiger partial charge on any atom is -0.484 e. The topological polar surface area (TPSA) is 96.8 Å². The molecule has 2 heterocycles. The number of nitrogens with zero attached hydrogens (tertiary/aromatic N) is 2. The second-order valence-electron chi connectivity index (χ2n) is 6.73. The number of aliphatic hydroxyl groups is 1. The van der Waals surface area contributed by atoms with Gasteiger partial charge < -0.3 is 14.7 Å². The molecule has 0 bridgehead atoms. The number of carbonyl (C=O) groups excluding carboxylic acids is 1. The molecule has 30 heavy (non-hydrogen) atoms. The Morgan fingerprint density at radius 2 is 1.93 bits per heavy atom. The number of rotatable bonds is 6. The highest BCUT2D eigenvalue weighted by Crippen LogP contribution is 2.35. The Morgan fingerprint density at radius 3 is 2.57 bits per heavy atom. The van der Waals surface area contributed by atoms with Crippen LogP contribution in [0.2, 0.25) is 0 Å². The fourth-order valence-corrected chi connectivity index (χ4v) is 5.01. The van der Waals surface area contributed by atoms with E-state index in [1.54, 1.807) is 24.3 Å². The van der Waals surface area contributed by atoms with Gasteiger partial charge in [0.1, 0.15) is 5.75 Å². The third-order valence-corrected chi connectivity index (χ3v) is 6.96. The van der Waals surface area contributed by atoms with Gasteiger partial charge in [-0.1, -0.05) is 12.1 Å². The molecule has 1 aliphatic rings. The summed E-state index contributed by atoms with van der Waals surface area (Å²) in [6, 6.07) is 8.44. The molecule has 0 saturated carbocycles. The molecule has 1 saturated heterocycles. The minimum absolute atomic E-state index is 0.0193. The van der Waals surface area contributed by atoms with E-state index >= 15 is 0 Å². The number of amides is 1. The molecule has 7 nitrogen and oxygen atoms in total. The number of halogens is 3. The monoisotopic (exact) mass is 444 g/mol. The maximum Gasteiger partial charge on any atom is 0.434 e. The summed E-state index contributed by atoms with van der Waals surface area (Å²) < 4.78 is 70.4. The predicted octanol–water partition coefficient (Wildman–Crippen LogP) is 2.05. The van der Waals surface area contributed by atoms with Crippen LogP contribution in [0.5, 0.6) is 5.75 Å². The lowest BCUT2D eigenvalue weighted by atomic mass is 10.2. The number of benzene rings is 1. The van der Waals surface area contributed by atoms with Crippen molar-refractivity contribution in [2.75, 3.05) is 19.7 Å². The van der Waals surface area contributed by atoms with Gasteiger partial charge in [-0.25, -0.2) is 8.42 Å². The summed E-state index contributed by atoms with van der Waals surface area (Å²) in [5.41, 5.74) is -0.778. The zero-order valence-corrected chi connectivity index (χ0v) is 16.5. The number of pyridine rings is 1. The summed E-state index contributed by atoms with van der Waals surface area (Å²) in [5, 5.41) is 7.85. The van der Waals surface area contributed by atoms with Crippen molar-refractivity contribution in [3.63, 3.8) is 0 Å². The highest BCUT2D eigenvalue weighted by atomic mass is 32.2. The van der Waals surface area contributed by atoms with Crippen molar-refractivity contribution >= 4 is 15.7 Å². The van der Waals surface area contributed by atoms with Gasteiger partial charge in [0.05, 0.1) is 16.8 Å². The molecule has 3 rings (SSSR count). The Morgan fingerprint density at radius 1 is 1.23 bits per heavy atom. The Kier molecular flexibility index (Phi) is 6.32. The van der Waals surface area contributed by atoms with Crippen LogP contribution in [-0.4, -0.2) is 54.3 Å². The lowest BCUT2D eigenvalue weighted by Gasteiger charge is -2.18. The number of sulfone groups is 1. The molecule has 11 heteroatoms. The number of ether oxygens (including phenoxy) is 1. The van der Waals surface area contributed by atoms with Crippen LogP contribution < -0.4 is 4.74 Å². The van der Waals surface area contributed by atoms with Crippen LogP contribution in [0, 0.1) is 0 Å². The number of aliphatic hydroxyl groups excluding tert-OH is 1. The first kappa shape index (κ1) is 22.0. The second-order valence-corrected chi connectivity index (χ2v) is 8.93. The molecular formula is C19H19F3N2O5S. The van der Waals surface area contributed by atoms with Crippen molar-refractivity contribution in [3.8, 4) is 5.75 Å². The van der Waals surface area contributed by atoms with E-state index in [2.05, 4.69) is 4.98 Å². The summed E-state index contributed by atoms with van der Waals surface area (Å²) in [5.74, 6) is -0.0738. The van der Waals surface area contributed by atoms with E-state index in [9.17, 15) is 26.4 Å². The molecule has 1 fully saturated rings. The lowest BCUT2D eigenvalue weighted by Crippen LogP contribution is -2.35. The van der Waals surface area contributed by atoms with E-state index in [0.29, 0.717) is 11.3 Å². The van der Waals surface area contributed by atoms with Gasteiger partial charge in [-0.05, 0) is 36.2 Å². The Balaban J connectivity index is 1.66.